The molecule has 3 aromatic rings. The van der Waals surface area contributed by atoms with Crippen molar-refractivity contribution in [2.45, 2.75) is 12.6 Å². The quantitative estimate of drug-likeness (QED) is 0.746. The number of aromatic nitrogens is 2. The zero-order valence-electron chi connectivity index (χ0n) is 14.1. The molecule has 7 heteroatoms. The van der Waals surface area contributed by atoms with Crippen LogP contribution in [0.25, 0.3) is 10.9 Å². The van der Waals surface area contributed by atoms with Crippen LogP contribution >= 0.6 is 24.0 Å². The molecule has 1 atom stereocenters. The van der Waals surface area contributed by atoms with Gasteiger partial charge in [-0.25, -0.2) is 0 Å². The third-order valence-corrected chi connectivity index (χ3v) is 4.79. The summed E-state index contributed by atoms with van der Waals surface area (Å²) in [5, 5.41) is 9.59. The molecule has 2 aromatic carbocycles. The second kappa shape index (κ2) is 8.08. The number of halogens is 2. The van der Waals surface area contributed by atoms with Gasteiger partial charge in [0.05, 0.1) is 11.6 Å². The highest BCUT2D eigenvalue weighted by Gasteiger charge is 2.28. The summed E-state index contributed by atoms with van der Waals surface area (Å²) in [5.74, 6) is 0.0688. The predicted molar refractivity (Wildman–Crippen MR) is 106 cm³/mol. The Morgan fingerprint density at radius 3 is 2.88 bits per heavy atom. The van der Waals surface area contributed by atoms with Crippen molar-refractivity contribution < 1.29 is 4.79 Å². The van der Waals surface area contributed by atoms with Gasteiger partial charge in [0, 0.05) is 36.2 Å². The molecule has 0 aliphatic carbocycles. The van der Waals surface area contributed by atoms with E-state index in [4.69, 9.17) is 11.6 Å². The third kappa shape index (κ3) is 3.85. The molecule has 1 amide bonds. The summed E-state index contributed by atoms with van der Waals surface area (Å²) in [6, 6.07) is 15.6. The lowest BCUT2D eigenvalue weighted by atomic mass is 10.0. The number of carbonyl (C=O) groups is 1. The minimum Gasteiger partial charge on any atom is -0.331 e. The van der Waals surface area contributed by atoms with Gasteiger partial charge >= 0.3 is 0 Å². The SMILES string of the molecule is Cl.O=C(Cn1cc2ccccc2n1)N1CCNCC1c1cccc(Cl)c1. The summed E-state index contributed by atoms with van der Waals surface area (Å²) in [7, 11) is 0. The lowest BCUT2D eigenvalue weighted by molar-refractivity contribution is -0.135. The van der Waals surface area contributed by atoms with Crippen molar-refractivity contribution in [3.63, 3.8) is 0 Å². The van der Waals surface area contributed by atoms with Crippen molar-refractivity contribution in [3.05, 3.63) is 65.3 Å². The molecule has 1 aliphatic heterocycles. The molecule has 0 saturated carbocycles. The zero-order chi connectivity index (χ0) is 17.2. The Hall–Kier alpha value is -2.08. The van der Waals surface area contributed by atoms with Crippen molar-refractivity contribution in [1.29, 1.82) is 0 Å². The van der Waals surface area contributed by atoms with E-state index in [2.05, 4.69) is 10.4 Å². The van der Waals surface area contributed by atoms with Crippen LogP contribution in [0.3, 0.4) is 0 Å². The van der Waals surface area contributed by atoms with Gasteiger partial charge in [0.2, 0.25) is 5.91 Å². The molecule has 136 valence electrons. The first kappa shape index (κ1) is 18.7. The molecule has 26 heavy (non-hydrogen) atoms. The smallest absolute Gasteiger partial charge is 0.244 e. The van der Waals surface area contributed by atoms with Gasteiger partial charge in [-0.05, 0) is 23.8 Å². The predicted octanol–water partition coefficient (Wildman–Crippen LogP) is 3.28. The normalized spacial score (nSPS) is 17.1. The number of hydrogen-bond donors (Lipinski definition) is 1. The van der Waals surface area contributed by atoms with E-state index in [1.54, 1.807) is 4.68 Å². The topological polar surface area (TPSA) is 50.2 Å². The lowest BCUT2D eigenvalue weighted by Crippen LogP contribution is -2.49. The molecule has 0 radical (unpaired) electrons. The summed E-state index contributed by atoms with van der Waals surface area (Å²) >= 11 is 6.13. The molecule has 1 N–H and O–H groups in total. The van der Waals surface area contributed by atoms with Crippen molar-refractivity contribution in [1.82, 2.24) is 20.0 Å². The number of benzene rings is 2. The van der Waals surface area contributed by atoms with E-state index in [-0.39, 0.29) is 30.9 Å². The van der Waals surface area contributed by atoms with Crippen LogP contribution in [-0.4, -0.2) is 40.2 Å². The highest BCUT2D eigenvalue weighted by molar-refractivity contribution is 6.30. The molecule has 1 fully saturated rings. The van der Waals surface area contributed by atoms with Crippen molar-refractivity contribution in [3.8, 4) is 0 Å². The molecular weight excluding hydrogens is 371 g/mol. The monoisotopic (exact) mass is 390 g/mol. The van der Waals surface area contributed by atoms with E-state index in [9.17, 15) is 4.79 Å². The van der Waals surface area contributed by atoms with E-state index in [0.29, 0.717) is 11.6 Å². The minimum absolute atomic E-state index is 0. The maximum absolute atomic E-state index is 12.9. The highest BCUT2D eigenvalue weighted by Crippen LogP contribution is 2.25. The van der Waals surface area contributed by atoms with Crippen molar-refractivity contribution in [2.24, 2.45) is 0 Å². The first-order chi connectivity index (χ1) is 12.2. The van der Waals surface area contributed by atoms with E-state index < -0.39 is 0 Å². The Balaban J connectivity index is 0.00000196. The number of hydrogen-bond acceptors (Lipinski definition) is 3. The molecule has 2 heterocycles. The van der Waals surface area contributed by atoms with Crippen molar-refractivity contribution in [2.75, 3.05) is 19.6 Å². The van der Waals surface area contributed by atoms with Crippen LogP contribution in [0.4, 0.5) is 0 Å². The molecule has 4 rings (SSSR count). The van der Waals surface area contributed by atoms with Gasteiger partial charge in [-0.15, -0.1) is 12.4 Å². The summed E-state index contributed by atoms with van der Waals surface area (Å²) < 4.78 is 1.73. The summed E-state index contributed by atoms with van der Waals surface area (Å²) in [6.45, 7) is 2.44. The van der Waals surface area contributed by atoms with Crippen LogP contribution in [0.2, 0.25) is 5.02 Å². The Kier molecular flexibility index (Phi) is 5.81. The Labute approximate surface area is 163 Å². The number of rotatable bonds is 3. The second-order valence-corrected chi connectivity index (χ2v) is 6.68. The summed E-state index contributed by atoms with van der Waals surface area (Å²) in [6.07, 6.45) is 1.92. The third-order valence-electron chi connectivity index (χ3n) is 4.56. The van der Waals surface area contributed by atoms with Gasteiger partial charge < -0.3 is 10.2 Å². The number of carbonyl (C=O) groups excluding carboxylic acids is 1. The number of nitrogens with one attached hydrogen (secondary N) is 1. The van der Waals surface area contributed by atoms with Crippen LogP contribution in [0.1, 0.15) is 11.6 Å². The zero-order valence-corrected chi connectivity index (χ0v) is 15.7. The summed E-state index contributed by atoms with van der Waals surface area (Å²) in [5.41, 5.74) is 1.96. The van der Waals surface area contributed by atoms with Crippen LogP contribution in [0, 0.1) is 0 Å². The van der Waals surface area contributed by atoms with Gasteiger partial charge in [0.1, 0.15) is 6.54 Å². The Morgan fingerprint density at radius 1 is 1.23 bits per heavy atom. The van der Waals surface area contributed by atoms with Gasteiger partial charge in [-0.3, -0.25) is 9.48 Å². The first-order valence-electron chi connectivity index (χ1n) is 8.38. The molecule has 0 bridgehead atoms. The first-order valence-corrected chi connectivity index (χ1v) is 8.76. The fraction of sp³-hybridized carbons (Fsp3) is 0.263. The highest BCUT2D eigenvalue weighted by atomic mass is 35.5. The Morgan fingerprint density at radius 2 is 2.08 bits per heavy atom. The average molecular weight is 391 g/mol. The number of amides is 1. The maximum atomic E-state index is 12.9. The molecule has 1 unspecified atom stereocenters. The lowest BCUT2D eigenvalue weighted by Gasteiger charge is -2.36. The standard InChI is InChI=1S/C19H19ClN4O.ClH/c20-16-6-3-5-14(10-16)18-11-21-8-9-24(18)19(25)13-23-12-15-4-1-2-7-17(15)22-23;/h1-7,10,12,18,21H,8-9,11,13H2;1H. The molecule has 5 nitrogen and oxygen atoms in total. The van der Waals surface area contributed by atoms with E-state index in [0.717, 1.165) is 29.6 Å². The van der Waals surface area contributed by atoms with E-state index >= 15 is 0 Å². The second-order valence-electron chi connectivity index (χ2n) is 6.25. The number of piperazine rings is 1. The minimum atomic E-state index is -0.00933. The van der Waals surface area contributed by atoms with Crippen LogP contribution in [0.15, 0.2) is 54.7 Å². The fourth-order valence-electron chi connectivity index (χ4n) is 3.34. The molecule has 1 saturated heterocycles. The van der Waals surface area contributed by atoms with E-state index in [1.165, 1.54) is 0 Å². The molecular formula is C19H20Cl2N4O. The van der Waals surface area contributed by atoms with Gasteiger partial charge in [-0.1, -0.05) is 41.9 Å². The number of nitrogens with zero attached hydrogens (tertiary/aromatic N) is 3. The van der Waals surface area contributed by atoms with Gasteiger partial charge in [0.25, 0.3) is 0 Å². The number of fused-ring (bicyclic) bond motifs is 1. The van der Waals surface area contributed by atoms with Crippen LogP contribution in [0.5, 0.6) is 0 Å². The van der Waals surface area contributed by atoms with Crippen molar-refractivity contribution >= 4 is 40.8 Å². The van der Waals surface area contributed by atoms with Crippen LogP contribution in [-0.2, 0) is 11.3 Å². The van der Waals surface area contributed by atoms with Gasteiger partial charge in [-0.2, -0.15) is 5.10 Å². The Bertz CT molecular complexity index is 878. The fourth-order valence-corrected chi connectivity index (χ4v) is 3.54. The average Bonchev–Trinajstić information content (AvgIpc) is 3.04. The largest absolute Gasteiger partial charge is 0.331 e. The molecule has 0 spiro atoms. The van der Waals surface area contributed by atoms with Crippen LogP contribution < -0.4 is 5.32 Å². The van der Waals surface area contributed by atoms with Gasteiger partial charge in [0.15, 0.2) is 0 Å². The molecule has 1 aliphatic rings. The van der Waals surface area contributed by atoms with E-state index in [1.807, 2.05) is 59.6 Å². The molecule has 1 aromatic heterocycles. The summed E-state index contributed by atoms with van der Waals surface area (Å²) in [4.78, 5) is 14.8. The maximum Gasteiger partial charge on any atom is 0.244 e.